The average Bonchev–Trinajstić information content (AvgIpc) is 2.46. The van der Waals surface area contributed by atoms with E-state index < -0.39 is 15.8 Å². The summed E-state index contributed by atoms with van der Waals surface area (Å²) in [4.78, 5) is 0. The van der Waals surface area contributed by atoms with Crippen LogP contribution < -0.4 is 4.72 Å². The highest BCUT2D eigenvalue weighted by molar-refractivity contribution is 7.87. The van der Waals surface area contributed by atoms with Crippen LogP contribution in [0.3, 0.4) is 0 Å². The molecule has 1 aliphatic rings. The van der Waals surface area contributed by atoms with E-state index in [0.717, 1.165) is 12.8 Å². The molecule has 6 heteroatoms. The number of benzene rings is 1. The molecule has 1 heterocycles. The molecule has 1 aromatic rings. The first-order valence-electron chi connectivity index (χ1n) is 7.34. The fraction of sp³-hybridized carbons (Fsp3) is 0.600. The van der Waals surface area contributed by atoms with E-state index in [-0.39, 0.29) is 6.54 Å². The number of nitrogens with one attached hydrogen (secondary N) is 1. The molecule has 0 aromatic heterocycles. The lowest BCUT2D eigenvalue weighted by Gasteiger charge is -2.31. The quantitative estimate of drug-likeness (QED) is 0.865. The largest absolute Gasteiger partial charge is 0.384 e. The summed E-state index contributed by atoms with van der Waals surface area (Å²) in [6.07, 6.45) is 1.95. The van der Waals surface area contributed by atoms with Gasteiger partial charge < -0.3 is 5.11 Å². The van der Waals surface area contributed by atoms with Crippen LogP contribution in [0.2, 0.25) is 0 Å². The van der Waals surface area contributed by atoms with Crippen molar-refractivity contribution >= 4 is 10.2 Å². The zero-order valence-corrected chi connectivity index (χ0v) is 13.4. The van der Waals surface area contributed by atoms with Gasteiger partial charge in [0.05, 0.1) is 0 Å². The highest BCUT2D eigenvalue weighted by atomic mass is 32.2. The highest BCUT2D eigenvalue weighted by Crippen LogP contribution is 2.21. The molecule has 1 fully saturated rings. The molecular formula is C15H24N2O3S. The molecule has 2 atom stereocenters. The molecule has 0 spiro atoms. The maximum Gasteiger partial charge on any atom is 0.279 e. The Labute approximate surface area is 127 Å². The topological polar surface area (TPSA) is 69.6 Å². The van der Waals surface area contributed by atoms with Gasteiger partial charge in [-0.2, -0.15) is 17.4 Å². The van der Waals surface area contributed by atoms with E-state index in [1.165, 1.54) is 4.31 Å². The smallest absolute Gasteiger partial charge is 0.279 e. The maximum absolute atomic E-state index is 12.3. The van der Waals surface area contributed by atoms with E-state index in [1.807, 2.05) is 18.2 Å². The minimum Gasteiger partial charge on any atom is -0.384 e. The van der Waals surface area contributed by atoms with Crippen LogP contribution in [-0.2, 0) is 15.8 Å². The number of hydrogen-bond acceptors (Lipinski definition) is 3. The molecule has 0 radical (unpaired) electrons. The summed E-state index contributed by atoms with van der Waals surface area (Å²) in [5, 5.41) is 10.5. The van der Waals surface area contributed by atoms with E-state index in [0.29, 0.717) is 24.6 Å². The molecule has 5 nitrogen and oxygen atoms in total. The van der Waals surface area contributed by atoms with Crippen molar-refractivity contribution in [2.24, 2.45) is 5.92 Å². The predicted octanol–water partition coefficient (Wildman–Crippen LogP) is 1.46. The van der Waals surface area contributed by atoms with Crippen molar-refractivity contribution in [2.45, 2.75) is 32.3 Å². The highest BCUT2D eigenvalue weighted by Gasteiger charge is 2.30. The Morgan fingerprint density at radius 1 is 1.38 bits per heavy atom. The van der Waals surface area contributed by atoms with Crippen molar-refractivity contribution in [1.82, 2.24) is 9.03 Å². The maximum atomic E-state index is 12.3. The van der Waals surface area contributed by atoms with Gasteiger partial charge in [-0.25, -0.2) is 0 Å². The second-order valence-electron chi connectivity index (χ2n) is 6.07. The molecule has 0 unspecified atom stereocenters. The van der Waals surface area contributed by atoms with Gasteiger partial charge in [0.25, 0.3) is 10.2 Å². The number of piperidine rings is 1. The van der Waals surface area contributed by atoms with Crippen LogP contribution in [-0.4, -0.2) is 37.5 Å². The summed E-state index contributed by atoms with van der Waals surface area (Å²) in [7, 11) is -3.53. The predicted molar refractivity (Wildman–Crippen MR) is 82.9 cm³/mol. The summed E-state index contributed by atoms with van der Waals surface area (Å²) in [5.74, 6) is 0.380. The Balaban J connectivity index is 2.01. The number of hydrogen-bond donors (Lipinski definition) is 2. The van der Waals surface area contributed by atoms with Crippen molar-refractivity contribution in [2.75, 3.05) is 19.6 Å². The molecule has 0 bridgehead atoms. The van der Waals surface area contributed by atoms with Crippen LogP contribution in [0.4, 0.5) is 0 Å². The molecule has 2 N–H and O–H groups in total. The van der Waals surface area contributed by atoms with Crippen molar-refractivity contribution in [3.05, 3.63) is 35.9 Å². The molecule has 2 rings (SSSR count). The van der Waals surface area contributed by atoms with E-state index in [1.54, 1.807) is 19.1 Å². The monoisotopic (exact) mass is 312 g/mol. The van der Waals surface area contributed by atoms with E-state index in [4.69, 9.17) is 0 Å². The lowest BCUT2D eigenvalue weighted by atomic mass is 9.97. The van der Waals surface area contributed by atoms with Crippen LogP contribution >= 0.6 is 0 Å². The molecule has 1 aromatic carbocycles. The molecular weight excluding hydrogens is 288 g/mol. The SMILES string of the molecule is C[C@H]1CCCN(S(=O)(=O)NC[C@](C)(O)c2ccccc2)C1. The molecule has 0 saturated carbocycles. The zero-order chi connectivity index (χ0) is 15.5. The molecule has 1 aliphatic heterocycles. The molecule has 0 aliphatic carbocycles. The minimum atomic E-state index is -3.53. The normalized spacial score (nSPS) is 23.7. The Bertz CT molecular complexity index is 558. The zero-order valence-electron chi connectivity index (χ0n) is 12.6. The van der Waals surface area contributed by atoms with E-state index in [2.05, 4.69) is 11.6 Å². The lowest BCUT2D eigenvalue weighted by Crippen LogP contribution is -2.48. The lowest BCUT2D eigenvalue weighted by molar-refractivity contribution is 0.0621. The number of nitrogens with zero attached hydrogens (tertiary/aromatic N) is 1. The standard InChI is InChI=1S/C15H24N2O3S/c1-13-7-6-10-17(11-13)21(19,20)16-12-15(2,18)14-8-4-3-5-9-14/h3-5,8-9,13,16,18H,6-7,10-12H2,1-2H3/t13-,15-/m0/s1. The van der Waals surface area contributed by atoms with Gasteiger partial charge in [-0.1, -0.05) is 37.3 Å². The molecule has 118 valence electrons. The van der Waals surface area contributed by atoms with Gasteiger partial charge in [0, 0.05) is 19.6 Å². The Hall–Kier alpha value is -0.950. The van der Waals surface area contributed by atoms with Gasteiger partial charge in [0.15, 0.2) is 0 Å². The fourth-order valence-corrected chi connectivity index (χ4v) is 4.05. The summed E-state index contributed by atoms with van der Waals surface area (Å²) in [6, 6.07) is 9.09. The Morgan fingerprint density at radius 3 is 2.67 bits per heavy atom. The number of rotatable bonds is 5. The molecule has 1 saturated heterocycles. The second-order valence-corrected chi connectivity index (χ2v) is 7.83. The summed E-state index contributed by atoms with van der Waals surface area (Å²) < 4.78 is 28.6. The summed E-state index contributed by atoms with van der Waals surface area (Å²) in [6.45, 7) is 4.73. The van der Waals surface area contributed by atoms with Gasteiger partial charge in [0.1, 0.15) is 5.60 Å². The summed E-state index contributed by atoms with van der Waals surface area (Å²) in [5.41, 5.74) is -0.532. The van der Waals surface area contributed by atoms with Crippen molar-refractivity contribution < 1.29 is 13.5 Å². The third kappa shape index (κ3) is 4.26. The second kappa shape index (κ2) is 6.44. The third-order valence-corrected chi connectivity index (χ3v) is 5.47. The average molecular weight is 312 g/mol. The Morgan fingerprint density at radius 2 is 2.05 bits per heavy atom. The van der Waals surface area contributed by atoms with Crippen LogP contribution in [0.1, 0.15) is 32.3 Å². The van der Waals surface area contributed by atoms with Gasteiger partial charge in [-0.05, 0) is 31.2 Å². The van der Waals surface area contributed by atoms with Gasteiger partial charge in [-0.3, -0.25) is 0 Å². The van der Waals surface area contributed by atoms with Crippen LogP contribution in [0, 0.1) is 5.92 Å². The van der Waals surface area contributed by atoms with Crippen molar-refractivity contribution in [3.8, 4) is 0 Å². The van der Waals surface area contributed by atoms with Crippen molar-refractivity contribution in [1.29, 1.82) is 0 Å². The number of aliphatic hydroxyl groups is 1. The van der Waals surface area contributed by atoms with E-state index in [9.17, 15) is 13.5 Å². The third-order valence-electron chi connectivity index (χ3n) is 3.95. The first kappa shape index (κ1) is 16.4. The van der Waals surface area contributed by atoms with Gasteiger partial charge in [-0.15, -0.1) is 0 Å². The Kier molecular flexibility index (Phi) is 5.03. The van der Waals surface area contributed by atoms with Gasteiger partial charge in [0.2, 0.25) is 0 Å². The summed E-state index contributed by atoms with van der Waals surface area (Å²) >= 11 is 0. The van der Waals surface area contributed by atoms with Crippen LogP contribution in [0.25, 0.3) is 0 Å². The van der Waals surface area contributed by atoms with Gasteiger partial charge >= 0.3 is 0 Å². The first-order chi connectivity index (χ1) is 9.81. The fourth-order valence-electron chi connectivity index (χ4n) is 2.59. The van der Waals surface area contributed by atoms with Crippen LogP contribution in [0.5, 0.6) is 0 Å². The molecule has 0 amide bonds. The van der Waals surface area contributed by atoms with Crippen LogP contribution in [0.15, 0.2) is 30.3 Å². The molecule has 21 heavy (non-hydrogen) atoms. The van der Waals surface area contributed by atoms with E-state index >= 15 is 0 Å². The first-order valence-corrected chi connectivity index (χ1v) is 8.78. The minimum absolute atomic E-state index is 0.0375. The van der Waals surface area contributed by atoms with Crippen molar-refractivity contribution in [3.63, 3.8) is 0 Å².